The van der Waals surface area contributed by atoms with Gasteiger partial charge in [-0.2, -0.15) is 4.98 Å². The van der Waals surface area contributed by atoms with Gasteiger partial charge in [-0.3, -0.25) is 0 Å². The molecule has 1 fully saturated rings. The summed E-state index contributed by atoms with van der Waals surface area (Å²) in [7, 11) is 0. The predicted molar refractivity (Wildman–Crippen MR) is 56.6 cm³/mol. The van der Waals surface area contributed by atoms with Crippen LogP contribution in [0.4, 0.5) is 0 Å². The van der Waals surface area contributed by atoms with Gasteiger partial charge in [-0.1, -0.05) is 11.6 Å². The Morgan fingerprint density at radius 2 is 2.38 bits per heavy atom. The number of aromatic nitrogens is 2. The fourth-order valence-corrected chi connectivity index (χ4v) is 1.95. The van der Waals surface area contributed by atoms with Crippen molar-refractivity contribution in [2.45, 2.75) is 25.3 Å². The number of hydrogen-bond acceptors (Lipinski definition) is 5. The Bertz CT molecular complexity index is 444. The van der Waals surface area contributed by atoms with E-state index in [0.29, 0.717) is 11.7 Å². The third-order valence-electron chi connectivity index (χ3n) is 2.80. The van der Waals surface area contributed by atoms with E-state index in [-0.39, 0.29) is 6.04 Å². The van der Waals surface area contributed by atoms with Crippen molar-refractivity contribution in [3.8, 4) is 11.7 Å². The standard InChI is InChI=1S/C11H13N3O2/c1-2-6-12-8(4-1)10-13-11(16-14-10)9-5-3-7-15-9/h3,5,7-8,12H,1-2,4,6H2. The minimum absolute atomic E-state index is 0.223. The summed E-state index contributed by atoms with van der Waals surface area (Å²) in [6.07, 6.45) is 5.09. The van der Waals surface area contributed by atoms with E-state index in [1.807, 2.05) is 6.07 Å². The van der Waals surface area contributed by atoms with Crippen molar-refractivity contribution in [3.63, 3.8) is 0 Å². The third kappa shape index (κ3) is 1.74. The van der Waals surface area contributed by atoms with Crippen LogP contribution in [-0.2, 0) is 0 Å². The van der Waals surface area contributed by atoms with Crippen molar-refractivity contribution in [2.75, 3.05) is 6.54 Å². The summed E-state index contributed by atoms with van der Waals surface area (Å²) in [5.41, 5.74) is 0. The van der Waals surface area contributed by atoms with Crippen molar-refractivity contribution in [2.24, 2.45) is 0 Å². The van der Waals surface area contributed by atoms with E-state index < -0.39 is 0 Å². The molecule has 1 unspecified atom stereocenters. The summed E-state index contributed by atoms with van der Waals surface area (Å²) in [6.45, 7) is 1.02. The lowest BCUT2D eigenvalue weighted by atomic mass is 10.0. The fraction of sp³-hybridized carbons (Fsp3) is 0.455. The van der Waals surface area contributed by atoms with E-state index in [4.69, 9.17) is 8.94 Å². The van der Waals surface area contributed by atoms with E-state index in [2.05, 4.69) is 15.5 Å². The SMILES string of the molecule is c1coc(-c2nc(C3CCCCN3)no2)c1. The normalized spacial score (nSPS) is 21.1. The van der Waals surface area contributed by atoms with Gasteiger partial charge < -0.3 is 14.3 Å². The molecule has 0 amide bonds. The quantitative estimate of drug-likeness (QED) is 0.838. The molecular formula is C11H13N3O2. The number of piperidine rings is 1. The Kier molecular flexibility index (Phi) is 2.46. The highest BCUT2D eigenvalue weighted by Crippen LogP contribution is 2.23. The van der Waals surface area contributed by atoms with Crippen molar-refractivity contribution >= 4 is 0 Å². The molecule has 0 aromatic carbocycles. The van der Waals surface area contributed by atoms with E-state index in [0.717, 1.165) is 18.8 Å². The molecule has 5 heteroatoms. The molecule has 0 spiro atoms. The first-order valence-corrected chi connectivity index (χ1v) is 5.54. The first kappa shape index (κ1) is 9.59. The molecule has 0 saturated carbocycles. The molecule has 3 heterocycles. The van der Waals surface area contributed by atoms with Crippen LogP contribution < -0.4 is 5.32 Å². The number of hydrogen-bond donors (Lipinski definition) is 1. The van der Waals surface area contributed by atoms with Gasteiger partial charge in [0.1, 0.15) is 0 Å². The monoisotopic (exact) mass is 219 g/mol. The van der Waals surface area contributed by atoms with Gasteiger partial charge in [0.15, 0.2) is 11.6 Å². The molecular weight excluding hydrogens is 206 g/mol. The van der Waals surface area contributed by atoms with Crippen molar-refractivity contribution in [1.29, 1.82) is 0 Å². The summed E-state index contributed by atoms with van der Waals surface area (Å²) in [4.78, 5) is 4.34. The Labute approximate surface area is 92.8 Å². The number of nitrogens with zero attached hydrogens (tertiary/aromatic N) is 2. The number of nitrogens with one attached hydrogen (secondary N) is 1. The van der Waals surface area contributed by atoms with Gasteiger partial charge >= 0.3 is 0 Å². The third-order valence-corrected chi connectivity index (χ3v) is 2.80. The van der Waals surface area contributed by atoms with Gasteiger partial charge in [-0.25, -0.2) is 0 Å². The van der Waals surface area contributed by atoms with Crippen LogP contribution in [0, 0.1) is 0 Å². The average Bonchev–Trinajstić information content (AvgIpc) is 3.01. The number of furan rings is 1. The molecule has 16 heavy (non-hydrogen) atoms. The average molecular weight is 219 g/mol. The van der Waals surface area contributed by atoms with Crippen LogP contribution in [0.3, 0.4) is 0 Å². The highest BCUT2D eigenvalue weighted by molar-refractivity contribution is 5.42. The molecule has 0 radical (unpaired) electrons. The molecule has 84 valence electrons. The van der Waals surface area contributed by atoms with Gasteiger partial charge in [0, 0.05) is 0 Å². The van der Waals surface area contributed by atoms with Gasteiger partial charge in [0.2, 0.25) is 0 Å². The zero-order chi connectivity index (χ0) is 10.8. The second kappa shape index (κ2) is 4.09. The summed E-state index contributed by atoms with van der Waals surface area (Å²) in [5.74, 6) is 1.80. The second-order valence-electron chi connectivity index (χ2n) is 3.94. The fourth-order valence-electron chi connectivity index (χ4n) is 1.95. The van der Waals surface area contributed by atoms with Crippen LogP contribution in [-0.4, -0.2) is 16.7 Å². The summed E-state index contributed by atoms with van der Waals surface area (Å²) < 4.78 is 10.4. The van der Waals surface area contributed by atoms with Crippen molar-refractivity contribution in [1.82, 2.24) is 15.5 Å². The summed E-state index contributed by atoms with van der Waals surface area (Å²) >= 11 is 0. The van der Waals surface area contributed by atoms with Crippen LogP contribution in [0.15, 0.2) is 27.3 Å². The molecule has 1 aliphatic heterocycles. The molecule has 0 bridgehead atoms. The van der Waals surface area contributed by atoms with Gasteiger partial charge in [0.25, 0.3) is 5.89 Å². The minimum atomic E-state index is 0.223. The molecule has 2 aromatic heterocycles. The molecule has 1 atom stereocenters. The molecule has 1 saturated heterocycles. The molecule has 1 N–H and O–H groups in total. The predicted octanol–water partition coefficient (Wildman–Crippen LogP) is 2.14. The largest absolute Gasteiger partial charge is 0.459 e. The Morgan fingerprint density at radius 3 is 3.12 bits per heavy atom. The molecule has 1 aliphatic rings. The van der Waals surface area contributed by atoms with E-state index >= 15 is 0 Å². The topological polar surface area (TPSA) is 64.1 Å². The smallest absolute Gasteiger partial charge is 0.293 e. The lowest BCUT2D eigenvalue weighted by Crippen LogP contribution is -2.27. The van der Waals surface area contributed by atoms with Crippen LogP contribution in [0.2, 0.25) is 0 Å². The van der Waals surface area contributed by atoms with Crippen molar-refractivity contribution in [3.05, 3.63) is 24.2 Å². The van der Waals surface area contributed by atoms with Crippen molar-refractivity contribution < 1.29 is 8.94 Å². The Balaban J connectivity index is 1.82. The van der Waals surface area contributed by atoms with Gasteiger partial charge in [-0.15, -0.1) is 0 Å². The maximum atomic E-state index is 5.20. The lowest BCUT2D eigenvalue weighted by Gasteiger charge is -2.19. The van der Waals surface area contributed by atoms with E-state index in [1.54, 1.807) is 12.3 Å². The van der Waals surface area contributed by atoms with Crippen LogP contribution in [0.25, 0.3) is 11.7 Å². The Hall–Kier alpha value is -1.62. The van der Waals surface area contributed by atoms with Crippen LogP contribution >= 0.6 is 0 Å². The second-order valence-corrected chi connectivity index (χ2v) is 3.94. The van der Waals surface area contributed by atoms with Gasteiger partial charge in [0.05, 0.1) is 12.3 Å². The first-order valence-electron chi connectivity index (χ1n) is 5.54. The van der Waals surface area contributed by atoms with Crippen LogP contribution in [0.5, 0.6) is 0 Å². The number of rotatable bonds is 2. The summed E-state index contributed by atoms with van der Waals surface area (Å²) in [6, 6.07) is 3.84. The zero-order valence-corrected chi connectivity index (χ0v) is 8.85. The molecule has 0 aliphatic carbocycles. The maximum Gasteiger partial charge on any atom is 0.293 e. The van der Waals surface area contributed by atoms with Crippen LogP contribution in [0.1, 0.15) is 31.1 Å². The highest BCUT2D eigenvalue weighted by atomic mass is 16.5. The van der Waals surface area contributed by atoms with E-state index in [9.17, 15) is 0 Å². The molecule has 3 rings (SSSR count). The minimum Gasteiger partial charge on any atom is -0.459 e. The first-order chi connectivity index (χ1) is 7.93. The maximum absolute atomic E-state index is 5.20. The molecule has 5 nitrogen and oxygen atoms in total. The Morgan fingerprint density at radius 1 is 1.38 bits per heavy atom. The zero-order valence-electron chi connectivity index (χ0n) is 8.85. The van der Waals surface area contributed by atoms with Gasteiger partial charge in [-0.05, 0) is 31.5 Å². The lowest BCUT2D eigenvalue weighted by molar-refractivity contribution is 0.364. The highest BCUT2D eigenvalue weighted by Gasteiger charge is 2.21. The molecule has 2 aromatic rings. The summed E-state index contributed by atoms with van der Waals surface area (Å²) in [5, 5.41) is 7.37. The van der Waals surface area contributed by atoms with E-state index in [1.165, 1.54) is 12.8 Å².